The highest BCUT2D eigenvalue weighted by atomic mass is 16.5. The van der Waals surface area contributed by atoms with Crippen LogP contribution in [0.2, 0.25) is 0 Å². The monoisotopic (exact) mass is 362 g/mol. The molecule has 0 bridgehead atoms. The van der Waals surface area contributed by atoms with Gasteiger partial charge in [-0.05, 0) is 31.4 Å². The van der Waals surface area contributed by atoms with E-state index in [0.717, 1.165) is 10.1 Å². The van der Waals surface area contributed by atoms with Crippen molar-refractivity contribution in [2.45, 2.75) is 26.7 Å². The maximum atomic E-state index is 12.5. The quantitative estimate of drug-likeness (QED) is 0.716. The van der Waals surface area contributed by atoms with Crippen LogP contribution in [-0.2, 0) is 34.8 Å². The highest BCUT2D eigenvalue weighted by molar-refractivity contribution is 5.83. The molecular weight excluding hydrogens is 340 g/mol. The smallest absolute Gasteiger partial charge is 0.332 e. The average Bonchev–Trinajstić information content (AvgIpc) is 2.61. The van der Waals surface area contributed by atoms with Crippen LogP contribution in [0, 0.1) is 13.8 Å². The first kappa shape index (κ1) is 19.4. The van der Waals surface area contributed by atoms with E-state index in [1.54, 1.807) is 20.9 Å². The Bertz CT molecular complexity index is 1000. The third-order valence-electron chi connectivity index (χ3n) is 4.43. The molecule has 0 fully saturated rings. The van der Waals surface area contributed by atoms with E-state index in [1.165, 1.54) is 18.7 Å². The Morgan fingerprint density at radius 3 is 2.42 bits per heavy atom. The van der Waals surface area contributed by atoms with Crippen molar-refractivity contribution >= 4 is 22.9 Å². The first-order valence-corrected chi connectivity index (χ1v) is 8.08. The molecule has 26 heavy (non-hydrogen) atoms. The normalized spacial score (nSPS) is 10.8. The molecule has 2 rings (SSSR count). The number of carbonyl (C=O) groups is 2. The van der Waals surface area contributed by atoms with E-state index in [9.17, 15) is 19.2 Å². The SMILES string of the molecule is COC(=O)CNC(=O)CCc1c(C)nc2c(c1C)c(=O)n(C)c(=O)n2C. The molecule has 2 heterocycles. The number of hydrogen-bond acceptors (Lipinski definition) is 6. The number of methoxy groups -OCH3 is 1. The van der Waals surface area contributed by atoms with Crippen LogP contribution < -0.4 is 16.6 Å². The van der Waals surface area contributed by atoms with Gasteiger partial charge in [0.1, 0.15) is 12.2 Å². The lowest BCUT2D eigenvalue weighted by atomic mass is 10.00. The Kier molecular flexibility index (Phi) is 5.59. The second-order valence-electron chi connectivity index (χ2n) is 6.06. The predicted octanol–water partition coefficient (Wildman–Crippen LogP) is -0.529. The fraction of sp³-hybridized carbons (Fsp3) is 0.471. The van der Waals surface area contributed by atoms with Gasteiger partial charge in [-0.3, -0.25) is 23.5 Å². The first-order chi connectivity index (χ1) is 12.2. The molecule has 9 nitrogen and oxygen atoms in total. The summed E-state index contributed by atoms with van der Waals surface area (Å²) in [5, 5.41) is 2.84. The minimum Gasteiger partial charge on any atom is -0.468 e. The van der Waals surface area contributed by atoms with Gasteiger partial charge in [-0.1, -0.05) is 0 Å². The molecular formula is C17H22N4O5. The van der Waals surface area contributed by atoms with Crippen LogP contribution in [0.15, 0.2) is 9.59 Å². The number of pyridine rings is 1. The number of amides is 1. The van der Waals surface area contributed by atoms with Crippen LogP contribution in [0.4, 0.5) is 0 Å². The summed E-state index contributed by atoms with van der Waals surface area (Å²) in [6, 6.07) is 0. The van der Waals surface area contributed by atoms with E-state index in [0.29, 0.717) is 28.7 Å². The number of aryl methyl sites for hydroxylation is 3. The summed E-state index contributed by atoms with van der Waals surface area (Å²) in [7, 11) is 4.23. The van der Waals surface area contributed by atoms with Crippen LogP contribution in [0.25, 0.3) is 11.0 Å². The molecule has 2 aromatic rings. The number of nitrogens with one attached hydrogen (secondary N) is 1. The summed E-state index contributed by atoms with van der Waals surface area (Å²) in [5.74, 6) is -0.829. The fourth-order valence-corrected chi connectivity index (χ4v) is 2.88. The molecule has 0 aliphatic heterocycles. The van der Waals surface area contributed by atoms with Crippen molar-refractivity contribution in [3.8, 4) is 0 Å². The van der Waals surface area contributed by atoms with Gasteiger partial charge in [0.05, 0.1) is 12.5 Å². The van der Waals surface area contributed by atoms with Gasteiger partial charge in [-0.15, -0.1) is 0 Å². The Morgan fingerprint density at radius 2 is 1.81 bits per heavy atom. The van der Waals surface area contributed by atoms with Crippen LogP contribution >= 0.6 is 0 Å². The standard InChI is InChI=1S/C17H22N4O5/c1-9-11(6-7-12(22)18-8-13(23)26-5)10(2)19-15-14(9)16(24)21(4)17(25)20(15)3/h6-8H2,1-5H3,(H,18,22). The minimum atomic E-state index is -0.525. The molecule has 0 saturated carbocycles. The molecule has 140 valence electrons. The first-order valence-electron chi connectivity index (χ1n) is 8.08. The lowest BCUT2D eigenvalue weighted by Crippen LogP contribution is -2.38. The summed E-state index contributed by atoms with van der Waals surface area (Å²) in [6.07, 6.45) is 0.498. The number of aromatic nitrogens is 3. The van der Waals surface area contributed by atoms with E-state index < -0.39 is 17.2 Å². The van der Waals surface area contributed by atoms with Gasteiger partial charge in [0.25, 0.3) is 5.56 Å². The molecule has 0 aromatic carbocycles. The van der Waals surface area contributed by atoms with E-state index in [1.807, 2.05) is 0 Å². The molecule has 0 saturated heterocycles. The van der Waals surface area contributed by atoms with Gasteiger partial charge < -0.3 is 10.1 Å². The molecule has 0 aliphatic carbocycles. The van der Waals surface area contributed by atoms with Crippen LogP contribution in [0.1, 0.15) is 23.2 Å². The zero-order chi connectivity index (χ0) is 19.6. The lowest BCUT2D eigenvalue weighted by molar-refractivity contribution is -0.141. The Labute approximate surface area is 149 Å². The molecule has 0 unspecified atom stereocenters. The van der Waals surface area contributed by atoms with Crippen molar-refractivity contribution in [2.24, 2.45) is 14.1 Å². The summed E-state index contributed by atoms with van der Waals surface area (Å²) in [5.41, 5.74) is 1.60. The minimum absolute atomic E-state index is 0.137. The van der Waals surface area contributed by atoms with Gasteiger partial charge in [-0.25, -0.2) is 9.78 Å². The third kappa shape index (κ3) is 3.51. The molecule has 1 amide bonds. The average molecular weight is 362 g/mol. The molecule has 9 heteroatoms. The van der Waals surface area contributed by atoms with Crippen molar-refractivity contribution in [3.05, 3.63) is 37.7 Å². The number of nitrogens with zero attached hydrogens (tertiary/aromatic N) is 3. The highest BCUT2D eigenvalue weighted by Gasteiger charge is 2.17. The molecule has 0 aliphatic rings. The molecule has 0 atom stereocenters. The van der Waals surface area contributed by atoms with Crippen molar-refractivity contribution < 1.29 is 14.3 Å². The number of fused-ring (bicyclic) bond motifs is 1. The number of esters is 1. The molecule has 2 aromatic heterocycles. The van der Waals surface area contributed by atoms with Crippen molar-refractivity contribution in [1.82, 2.24) is 19.4 Å². The van der Waals surface area contributed by atoms with E-state index in [4.69, 9.17) is 0 Å². The number of hydrogen-bond donors (Lipinski definition) is 1. The van der Waals surface area contributed by atoms with E-state index >= 15 is 0 Å². The van der Waals surface area contributed by atoms with Gasteiger partial charge in [0.15, 0.2) is 0 Å². The summed E-state index contributed by atoms with van der Waals surface area (Å²) in [4.78, 5) is 51.9. The summed E-state index contributed by atoms with van der Waals surface area (Å²) in [6.45, 7) is 3.37. The molecule has 0 radical (unpaired) electrons. The van der Waals surface area contributed by atoms with E-state index in [-0.39, 0.29) is 18.9 Å². The maximum Gasteiger partial charge on any atom is 0.332 e. The van der Waals surface area contributed by atoms with Crippen molar-refractivity contribution in [3.63, 3.8) is 0 Å². The summed E-state index contributed by atoms with van der Waals surface area (Å²) >= 11 is 0. The predicted molar refractivity (Wildman–Crippen MR) is 95.0 cm³/mol. The number of ether oxygens (including phenoxy) is 1. The van der Waals surface area contributed by atoms with Crippen molar-refractivity contribution in [1.29, 1.82) is 0 Å². The van der Waals surface area contributed by atoms with Crippen LogP contribution in [0.5, 0.6) is 0 Å². The second-order valence-corrected chi connectivity index (χ2v) is 6.06. The van der Waals surface area contributed by atoms with Gasteiger partial charge in [0, 0.05) is 26.2 Å². The lowest BCUT2D eigenvalue weighted by Gasteiger charge is -2.14. The molecule has 1 N–H and O–H groups in total. The van der Waals surface area contributed by atoms with E-state index in [2.05, 4.69) is 15.0 Å². The Hall–Kier alpha value is -2.97. The largest absolute Gasteiger partial charge is 0.468 e. The summed E-state index contributed by atoms with van der Waals surface area (Å²) < 4.78 is 6.84. The van der Waals surface area contributed by atoms with Gasteiger partial charge >= 0.3 is 11.7 Å². The van der Waals surface area contributed by atoms with Crippen molar-refractivity contribution in [2.75, 3.05) is 13.7 Å². The fourth-order valence-electron chi connectivity index (χ4n) is 2.88. The Balaban J connectivity index is 2.38. The number of rotatable bonds is 5. The van der Waals surface area contributed by atoms with Gasteiger partial charge in [-0.2, -0.15) is 0 Å². The zero-order valence-corrected chi connectivity index (χ0v) is 15.5. The van der Waals surface area contributed by atoms with Crippen LogP contribution in [-0.4, -0.2) is 39.6 Å². The zero-order valence-electron chi connectivity index (χ0n) is 15.5. The Morgan fingerprint density at radius 1 is 1.15 bits per heavy atom. The third-order valence-corrected chi connectivity index (χ3v) is 4.43. The number of carbonyl (C=O) groups excluding carboxylic acids is 2. The van der Waals surface area contributed by atoms with Crippen LogP contribution in [0.3, 0.4) is 0 Å². The highest BCUT2D eigenvalue weighted by Crippen LogP contribution is 2.20. The maximum absolute atomic E-state index is 12.5. The topological polar surface area (TPSA) is 112 Å². The second kappa shape index (κ2) is 7.51. The van der Waals surface area contributed by atoms with Gasteiger partial charge in [0.2, 0.25) is 5.91 Å². The molecule has 0 spiro atoms.